The fourth-order valence-corrected chi connectivity index (χ4v) is 0.688. The molecule has 0 N–H and O–H groups in total. The number of nitrogens with zero attached hydrogens (tertiary/aromatic N) is 3. The van der Waals surface area contributed by atoms with E-state index in [4.69, 9.17) is 0 Å². The highest BCUT2D eigenvalue weighted by Gasteiger charge is 2.13. The predicted octanol–water partition coefficient (Wildman–Crippen LogP) is 0.382. The third-order valence-electron chi connectivity index (χ3n) is 1.42. The second kappa shape index (κ2) is 2.22. The minimum Gasteiger partial charge on any atom is -0.303 e. The molecule has 0 atom stereocenters. The third kappa shape index (κ3) is 1.04. The van der Waals surface area contributed by atoms with Crippen LogP contribution in [0, 0.1) is 0 Å². The summed E-state index contributed by atoms with van der Waals surface area (Å²) in [4.78, 5) is 2.15. The van der Waals surface area contributed by atoms with Crippen molar-refractivity contribution < 1.29 is 0 Å². The lowest BCUT2D eigenvalue weighted by atomic mass is 10.3. The molecule has 0 spiro atoms. The van der Waals surface area contributed by atoms with Gasteiger partial charge in [-0.3, -0.25) is 0 Å². The molecule has 8 heavy (non-hydrogen) atoms. The van der Waals surface area contributed by atoms with Crippen molar-refractivity contribution in [2.75, 3.05) is 27.2 Å². The summed E-state index contributed by atoms with van der Waals surface area (Å²) in [6.07, 6.45) is 0. The summed E-state index contributed by atoms with van der Waals surface area (Å²) in [5.74, 6) is 0. The van der Waals surface area contributed by atoms with Gasteiger partial charge in [-0.2, -0.15) is 10.2 Å². The first-order valence-corrected chi connectivity index (χ1v) is 2.80. The Morgan fingerprint density at radius 1 is 1.25 bits per heavy atom. The summed E-state index contributed by atoms with van der Waals surface area (Å²) in [5, 5.41) is 7.74. The van der Waals surface area contributed by atoms with E-state index in [1.54, 1.807) is 0 Å². The Balaban J connectivity index is 2.29. The number of hydrogen-bond donors (Lipinski definition) is 0. The lowest BCUT2D eigenvalue weighted by molar-refractivity contribution is 0.324. The molecule has 0 fully saturated rings. The van der Waals surface area contributed by atoms with E-state index < -0.39 is 0 Å². The van der Waals surface area contributed by atoms with E-state index in [0.29, 0.717) is 6.04 Å². The summed E-state index contributed by atoms with van der Waals surface area (Å²) in [5.41, 5.74) is 0. The van der Waals surface area contributed by atoms with Crippen LogP contribution in [-0.4, -0.2) is 38.1 Å². The van der Waals surface area contributed by atoms with Crippen LogP contribution < -0.4 is 0 Å². The van der Waals surface area contributed by atoms with E-state index in [1.807, 2.05) is 0 Å². The number of likely N-dealkylation sites (N-methyl/N-ethyl adjacent to an activating group) is 1. The van der Waals surface area contributed by atoms with Gasteiger partial charge in [0.2, 0.25) is 0 Å². The average molecular weight is 113 g/mol. The van der Waals surface area contributed by atoms with Crippen LogP contribution in [0.1, 0.15) is 0 Å². The molecular weight excluding hydrogens is 102 g/mol. The SMILES string of the molecule is CN(C)C1CN=NC1. The molecular formula is C5H11N3. The Labute approximate surface area is 49.4 Å². The molecule has 1 rings (SSSR count). The highest BCUT2D eigenvalue weighted by molar-refractivity contribution is 4.74. The van der Waals surface area contributed by atoms with Gasteiger partial charge in [0.05, 0.1) is 19.1 Å². The number of azo groups is 1. The normalized spacial score (nSPS) is 20.9. The van der Waals surface area contributed by atoms with Crippen molar-refractivity contribution in [3.8, 4) is 0 Å². The third-order valence-corrected chi connectivity index (χ3v) is 1.42. The van der Waals surface area contributed by atoms with E-state index in [9.17, 15) is 0 Å². The molecule has 0 unspecified atom stereocenters. The highest BCUT2D eigenvalue weighted by Crippen LogP contribution is 2.01. The van der Waals surface area contributed by atoms with Crippen LogP contribution in [0.5, 0.6) is 0 Å². The topological polar surface area (TPSA) is 28.0 Å². The fraction of sp³-hybridized carbons (Fsp3) is 1.00. The van der Waals surface area contributed by atoms with E-state index in [0.717, 1.165) is 13.1 Å². The molecule has 1 aliphatic rings. The van der Waals surface area contributed by atoms with Crippen molar-refractivity contribution in [3.63, 3.8) is 0 Å². The van der Waals surface area contributed by atoms with Gasteiger partial charge in [0.1, 0.15) is 0 Å². The predicted molar refractivity (Wildman–Crippen MR) is 32.1 cm³/mol. The zero-order chi connectivity index (χ0) is 5.98. The summed E-state index contributed by atoms with van der Waals surface area (Å²) in [7, 11) is 4.11. The fourth-order valence-electron chi connectivity index (χ4n) is 0.688. The zero-order valence-electron chi connectivity index (χ0n) is 5.33. The first kappa shape index (κ1) is 5.69. The Bertz CT molecular complexity index is 89.8. The van der Waals surface area contributed by atoms with Crippen molar-refractivity contribution in [2.24, 2.45) is 10.2 Å². The molecule has 1 aliphatic heterocycles. The van der Waals surface area contributed by atoms with Crippen LogP contribution in [0.4, 0.5) is 0 Å². The standard InChI is InChI=1S/C5H11N3/c1-8(2)5-3-6-7-4-5/h5H,3-4H2,1-2H3. The first-order chi connectivity index (χ1) is 3.80. The van der Waals surface area contributed by atoms with Crippen LogP contribution in [0.15, 0.2) is 10.2 Å². The van der Waals surface area contributed by atoms with Gasteiger partial charge < -0.3 is 4.90 Å². The van der Waals surface area contributed by atoms with Crippen molar-refractivity contribution >= 4 is 0 Å². The minimum absolute atomic E-state index is 0.565. The maximum atomic E-state index is 3.87. The maximum Gasteiger partial charge on any atom is 0.0772 e. The summed E-state index contributed by atoms with van der Waals surface area (Å²) >= 11 is 0. The second-order valence-corrected chi connectivity index (χ2v) is 2.27. The molecule has 0 aromatic carbocycles. The molecule has 0 aromatic heterocycles. The van der Waals surface area contributed by atoms with Gasteiger partial charge >= 0.3 is 0 Å². The molecule has 0 aliphatic carbocycles. The van der Waals surface area contributed by atoms with Crippen molar-refractivity contribution in [1.82, 2.24) is 4.90 Å². The summed E-state index contributed by atoms with van der Waals surface area (Å²) < 4.78 is 0. The average Bonchev–Trinajstić information content (AvgIpc) is 2.12. The Morgan fingerprint density at radius 2 is 1.75 bits per heavy atom. The molecule has 0 saturated heterocycles. The molecule has 3 nitrogen and oxygen atoms in total. The molecule has 0 saturated carbocycles. The monoisotopic (exact) mass is 113 g/mol. The van der Waals surface area contributed by atoms with Crippen molar-refractivity contribution in [1.29, 1.82) is 0 Å². The van der Waals surface area contributed by atoms with Gasteiger partial charge in [0, 0.05) is 0 Å². The van der Waals surface area contributed by atoms with Crippen molar-refractivity contribution in [3.05, 3.63) is 0 Å². The van der Waals surface area contributed by atoms with Crippen LogP contribution >= 0.6 is 0 Å². The van der Waals surface area contributed by atoms with Gasteiger partial charge in [0.25, 0.3) is 0 Å². The van der Waals surface area contributed by atoms with Crippen LogP contribution in [-0.2, 0) is 0 Å². The number of hydrogen-bond acceptors (Lipinski definition) is 3. The van der Waals surface area contributed by atoms with Gasteiger partial charge in [-0.1, -0.05) is 0 Å². The van der Waals surface area contributed by atoms with Crippen molar-refractivity contribution in [2.45, 2.75) is 6.04 Å². The Hall–Kier alpha value is -0.440. The molecule has 0 radical (unpaired) electrons. The lowest BCUT2D eigenvalue weighted by Crippen LogP contribution is -2.30. The molecule has 3 heteroatoms. The zero-order valence-corrected chi connectivity index (χ0v) is 5.33. The molecule has 1 heterocycles. The smallest absolute Gasteiger partial charge is 0.0772 e. The summed E-state index contributed by atoms with van der Waals surface area (Å²) in [6, 6.07) is 0.565. The van der Waals surface area contributed by atoms with E-state index in [-0.39, 0.29) is 0 Å². The maximum absolute atomic E-state index is 3.87. The largest absolute Gasteiger partial charge is 0.303 e. The van der Waals surface area contributed by atoms with E-state index in [2.05, 4.69) is 29.2 Å². The van der Waals surface area contributed by atoms with E-state index in [1.165, 1.54) is 0 Å². The Morgan fingerprint density at radius 3 is 2.00 bits per heavy atom. The van der Waals surface area contributed by atoms with Gasteiger partial charge in [-0.15, -0.1) is 0 Å². The molecule has 0 bridgehead atoms. The molecule has 0 amide bonds. The highest BCUT2D eigenvalue weighted by atomic mass is 15.2. The van der Waals surface area contributed by atoms with Crippen LogP contribution in [0.3, 0.4) is 0 Å². The van der Waals surface area contributed by atoms with Crippen LogP contribution in [0.25, 0.3) is 0 Å². The molecule has 46 valence electrons. The first-order valence-electron chi connectivity index (χ1n) is 2.80. The molecule has 0 aromatic rings. The van der Waals surface area contributed by atoms with E-state index >= 15 is 0 Å². The Kier molecular flexibility index (Phi) is 1.58. The second-order valence-electron chi connectivity index (χ2n) is 2.27. The quantitative estimate of drug-likeness (QED) is 0.483. The van der Waals surface area contributed by atoms with Gasteiger partial charge in [-0.05, 0) is 14.1 Å². The van der Waals surface area contributed by atoms with Gasteiger partial charge in [0.15, 0.2) is 0 Å². The van der Waals surface area contributed by atoms with Gasteiger partial charge in [-0.25, -0.2) is 0 Å². The van der Waals surface area contributed by atoms with Crippen LogP contribution in [0.2, 0.25) is 0 Å². The minimum atomic E-state index is 0.565. The number of rotatable bonds is 1. The summed E-state index contributed by atoms with van der Waals surface area (Å²) in [6.45, 7) is 1.76. The lowest BCUT2D eigenvalue weighted by Gasteiger charge is -2.14.